The summed E-state index contributed by atoms with van der Waals surface area (Å²) in [5, 5.41) is 3.62. The average Bonchev–Trinajstić information content (AvgIpc) is 2.44. The Labute approximate surface area is 117 Å². The molecule has 1 aromatic carbocycles. The van der Waals surface area contributed by atoms with Gasteiger partial charge in [0.25, 0.3) is 0 Å². The number of nitrogens with one attached hydrogen (secondary N) is 1. The Morgan fingerprint density at radius 2 is 1.89 bits per heavy atom. The van der Waals surface area contributed by atoms with Crippen LogP contribution in [0, 0.1) is 0 Å². The molecule has 2 atom stereocenters. The molecule has 0 saturated heterocycles. The number of unbranched alkanes of at least 4 members (excludes halogenated alkanes) is 1. The van der Waals surface area contributed by atoms with Gasteiger partial charge in [-0.1, -0.05) is 25.8 Å². The molecule has 0 amide bonds. The van der Waals surface area contributed by atoms with Crippen LogP contribution in [0.25, 0.3) is 0 Å². The van der Waals surface area contributed by atoms with E-state index in [1.807, 2.05) is 12.1 Å². The van der Waals surface area contributed by atoms with Crippen LogP contribution in [0.3, 0.4) is 0 Å². The van der Waals surface area contributed by atoms with E-state index in [2.05, 4.69) is 32.2 Å². The molecule has 1 N–H and O–H groups in total. The third-order valence-electron chi connectivity index (χ3n) is 3.43. The SMILES string of the molecule is CCCCC(C)NC(C)c1ccc(OC)cc1OC. The van der Waals surface area contributed by atoms with Gasteiger partial charge in [0.15, 0.2) is 0 Å². The van der Waals surface area contributed by atoms with Gasteiger partial charge in [-0.15, -0.1) is 0 Å². The van der Waals surface area contributed by atoms with Crippen LogP contribution in [-0.4, -0.2) is 20.3 Å². The zero-order valence-corrected chi connectivity index (χ0v) is 12.8. The summed E-state index contributed by atoms with van der Waals surface area (Å²) in [5.41, 5.74) is 1.17. The van der Waals surface area contributed by atoms with Gasteiger partial charge in [0, 0.05) is 23.7 Å². The van der Waals surface area contributed by atoms with Gasteiger partial charge in [-0.05, 0) is 26.3 Å². The summed E-state index contributed by atoms with van der Waals surface area (Å²) >= 11 is 0. The zero-order chi connectivity index (χ0) is 14.3. The maximum Gasteiger partial charge on any atom is 0.127 e. The first kappa shape index (κ1) is 15.8. The molecular formula is C16H27NO2. The lowest BCUT2D eigenvalue weighted by Crippen LogP contribution is -2.29. The van der Waals surface area contributed by atoms with E-state index in [9.17, 15) is 0 Å². The molecule has 0 saturated carbocycles. The highest BCUT2D eigenvalue weighted by molar-refractivity contribution is 5.42. The first-order chi connectivity index (χ1) is 9.12. The number of hydrogen-bond donors (Lipinski definition) is 1. The minimum absolute atomic E-state index is 0.271. The van der Waals surface area contributed by atoms with Crippen molar-refractivity contribution in [1.82, 2.24) is 5.32 Å². The van der Waals surface area contributed by atoms with Crippen molar-refractivity contribution in [2.24, 2.45) is 0 Å². The van der Waals surface area contributed by atoms with Gasteiger partial charge >= 0.3 is 0 Å². The lowest BCUT2D eigenvalue weighted by Gasteiger charge is -2.22. The molecule has 2 unspecified atom stereocenters. The van der Waals surface area contributed by atoms with Gasteiger partial charge in [-0.2, -0.15) is 0 Å². The van der Waals surface area contributed by atoms with Gasteiger partial charge in [0.1, 0.15) is 11.5 Å². The molecule has 0 heterocycles. The highest BCUT2D eigenvalue weighted by Gasteiger charge is 2.14. The maximum atomic E-state index is 5.45. The Balaban J connectivity index is 2.72. The summed E-state index contributed by atoms with van der Waals surface area (Å²) in [6, 6.07) is 6.77. The van der Waals surface area contributed by atoms with Crippen LogP contribution in [0.1, 0.15) is 51.6 Å². The van der Waals surface area contributed by atoms with E-state index in [1.165, 1.54) is 24.8 Å². The van der Waals surface area contributed by atoms with Crippen LogP contribution < -0.4 is 14.8 Å². The molecule has 1 rings (SSSR count). The fourth-order valence-corrected chi connectivity index (χ4v) is 2.29. The first-order valence-corrected chi connectivity index (χ1v) is 7.10. The van der Waals surface area contributed by atoms with E-state index < -0.39 is 0 Å². The van der Waals surface area contributed by atoms with E-state index in [0.29, 0.717) is 6.04 Å². The van der Waals surface area contributed by atoms with Crippen LogP contribution in [0.4, 0.5) is 0 Å². The van der Waals surface area contributed by atoms with Crippen LogP contribution >= 0.6 is 0 Å². The van der Waals surface area contributed by atoms with Gasteiger partial charge in [0.05, 0.1) is 14.2 Å². The van der Waals surface area contributed by atoms with Crippen LogP contribution in [-0.2, 0) is 0 Å². The standard InChI is InChI=1S/C16H27NO2/c1-6-7-8-12(2)17-13(3)15-10-9-14(18-4)11-16(15)19-5/h9-13,17H,6-8H2,1-5H3. The molecule has 19 heavy (non-hydrogen) atoms. The van der Waals surface area contributed by atoms with Crippen molar-refractivity contribution in [3.05, 3.63) is 23.8 Å². The normalized spacial score (nSPS) is 13.9. The molecule has 0 bridgehead atoms. The van der Waals surface area contributed by atoms with E-state index in [-0.39, 0.29) is 6.04 Å². The second kappa shape index (κ2) is 8.05. The summed E-state index contributed by atoms with van der Waals surface area (Å²) in [6.45, 7) is 6.64. The topological polar surface area (TPSA) is 30.5 Å². The minimum Gasteiger partial charge on any atom is -0.497 e. The fraction of sp³-hybridized carbons (Fsp3) is 0.625. The summed E-state index contributed by atoms with van der Waals surface area (Å²) < 4.78 is 10.7. The minimum atomic E-state index is 0.271. The molecule has 1 aromatic rings. The van der Waals surface area contributed by atoms with E-state index in [0.717, 1.165) is 11.5 Å². The van der Waals surface area contributed by atoms with Gasteiger partial charge in [0.2, 0.25) is 0 Å². The molecule has 0 spiro atoms. The molecule has 0 aliphatic carbocycles. The number of methoxy groups -OCH3 is 2. The van der Waals surface area contributed by atoms with Crippen molar-refractivity contribution < 1.29 is 9.47 Å². The zero-order valence-electron chi connectivity index (χ0n) is 12.8. The predicted molar refractivity (Wildman–Crippen MR) is 80.1 cm³/mol. The van der Waals surface area contributed by atoms with E-state index in [4.69, 9.17) is 9.47 Å². The molecule has 0 aliphatic heterocycles. The van der Waals surface area contributed by atoms with E-state index >= 15 is 0 Å². The Hall–Kier alpha value is -1.22. The number of ether oxygens (including phenoxy) is 2. The third kappa shape index (κ3) is 4.75. The Morgan fingerprint density at radius 3 is 2.47 bits per heavy atom. The van der Waals surface area contributed by atoms with Crippen molar-refractivity contribution in [2.75, 3.05) is 14.2 Å². The first-order valence-electron chi connectivity index (χ1n) is 7.10. The molecule has 108 valence electrons. The smallest absolute Gasteiger partial charge is 0.127 e. The summed E-state index contributed by atoms with van der Waals surface area (Å²) in [5.74, 6) is 1.70. The molecular weight excluding hydrogens is 238 g/mol. The number of benzene rings is 1. The Bertz CT molecular complexity index is 379. The van der Waals surface area contributed by atoms with Crippen molar-refractivity contribution in [1.29, 1.82) is 0 Å². The van der Waals surface area contributed by atoms with Crippen LogP contribution in [0.2, 0.25) is 0 Å². The maximum absolute atomic E-state index is 5.45. The van der Waals surface area contributed by atoms with Crippen LogP contribution in [0.15, 0.2) is 18.2 Å². The third-order valence-corrected chi connectivity index (χ3v) is 3.43. The fourth-order valence-electron chi connectivity index (χ4n) is 2.29. The highest BCUT2D eigenvalue weighted by Crippen LogP contribution is 2.29. The molecule has 0 radical (unpaired) electrons. The summed E-state index contributed by atoms with van der Waals surface area (Å²) in [7, 11) is 3.37. The molecule has 3 heteroatoms. The molecule has 0 fully saturated rings. The molecule has 0 aliphatic rings. The van der Waals surface area contributed by atoms with Crippen molar-refractivity contribution in [3.8, 4) is 11.5 Å². The lowest BCUT2D eigenvalue weighted by molar-refractivity contribution is 0.379. The van der Waals surface area contributed by atoms with Crippen molar-refractivity contribution in [3.63, 3.8) is 0 Å². The number of hydrogen-bond acceptors (Lipinski definition) is 3. The molecule has 3 nitrogen and oxygen atoms in total. The summed E-state index contributed by atoms with van der Waals surface area (Å²) in [6.07, 6.45) is 3.71. The van der Waals surface area contributed by atoms with Gasteiger partial charge in [-0.3, -0.25) is 0 Å². The largest absolute Gasteiger partial charge is 0.497 e. The quantitative estimate of drug-likeness (QED) is 0.772. The van der Waals surface area contributed by atoms with E-state index in [1.54, 1.807) is 14.2 Å². The number of rotatable bonds is 8. The second-order valence-electron chi connectivity index (χ2n) is 5.04. The Morgan fingerprint density at radius 1 is 1.16 bits per heavy atom. The molecule has 0 aromatic heterocycles. The predicted octanol–water partition coefficient (Wildman–Crippen LogP) is 3.93. The Kier molecular flexibility index (Phi) is 6.71. The van der Waals surface area contributed by atoms with Crippen molar-refractivity contribution in [2.45, 2.75) is 52.1 Å². The summed E-state index contributed by atoms with van der Waals surface area (Å²) in [4.78, 5) is 0. The van der Waals surface area contributed by atoms with Gasteiger partial charge < -0.3 is 14.8 Å². The highest BCUT2D eigenvalue weighted by atomic mass is 16.5. The average molecular weight is 265 g/mol. The monoisotopic (exact) mass is 265 g/mol. The van der Waals surface area contributed by atoms with Crippen LogP contribution in [0.5, 0.6) is 11.5 Å². The second-order valence-corrected chi connectivity index (χ2v) is 5.04. The lowest BCUT2D eigenvalue weighted by atomic mass is 10.0. The van der Waals surface area contributed by atoms with Crippen molar-refractivity contribution >= 4 is 0 Å². The van der Waals surface area contributed by atoms with Gasteiger partial charge in [-0.25, -0.2) is 0 Å².